The Labute approximate surface area is 226 Å². The van der Waals surface area contributed by atoms with E-state index in [-0.39, 0.29) is 11.1 Å². The zero-order chi connectivity index (χ0) is 27.2. The monoisotopic (exact) mass is 531 g/mol. The SMILES string of the molecule is CCCC1CCc2c(cc(F)c(C#Cc3ccc(C#Cc4cc(F)c(N=C=S)c(F)c4)c(CC)c3)c2F)C1. The van der Waals surface area contributed by atoms with E-state index in [2.05, 4.69) is 47.8 Å². The second-order valence-electron chi connectivity index (χ2n) is 9.30. The first-order valence-corrected chi connectivity index (χ1v) is 13.0. The quantitative estimate of drug-likeness (QED) is 0.143. The summed E-state index contributed by atoms with van der Waals surface area (Å²) in [6.45, 7) is 4.06. The van der Waals surface area contributed by atoms with Crippen LogP contribution in [-0.4, -0.2) is 5.16 Å². The van der Waals surface area contributed by atoms with Crippen molar-refractivity contribution in [2.24, 2.45) is 10.9 Å². The molecule has 0 aromatic heterocycles. The van der Waals surface area contributed by atoms with Gasteiger partial charge < -0.3 is 0 Å². The third-order valence-corrected chi connectivity index (χ3v) is 6.85. The Morgan fingerprint density at radius 2 is 1.63 bits per heavy atom. The van der Waals surface area contributed by atoms with Crippen LogP contribution in [0.2, 0.25) is 0 Å². The van der Waals surface area contributed by atoms with Crippen LogP contribution in [0.3, 0.4) is 0 Å². The van der Waals surface area contributed by atoms with Crippen LogP contribution >= 0.6 is 12.2 Å². The third kappa shape index (κ3) is 6.05. The molecule has 0 aliphatic heterocycles. The van der Waals surface area contributed by atoms with E-state index in [1.807, 2.05) is 12.1 Å². The second kappa shape index (κ2) is 12.2. The maximum atomic E-state index is 15.2. The molecule has 1 nitrogen and oxygen atoms in total. The van der Waals surface area contributed by atoms with Gasteiger partial charge in [-0.25, -0.2) is 17.6 Å². The Kier molecular flexibility index (Phi) is 8.80. The van der Waals surface area contributed by atoms with E-state index in [0.717, 1.165) is 42.5 Å². The average molecular weight is 532 g/mol. The number of halogens is 4. The minimum atomic E-state index is -0.879. The second-order valence-corrected chi connectivity index (χ2v) is 9.48. The predicted molar refractivity (Wildman–Crippen MR) is 146 cm³/mol. The molecule has 1 aliphatic rings. The van der Waals surface area contributed by atoms with Gasteiger partial charge in [0, 0.05) is 16.7 Å². The summed E-state index contributed by atoms with van der Waals surface area (Å²) >= 11 is 4.41. The molecular weight excluding hydrogens is 506 g/mol. The van der Waals surface area contributed by atoms with Crippen LogP contribution in [0.15, 0.2) is 41.4 Å². The van der Waals surface area contributed by atoms with E-state index in [9.17, 15) is 13.2 Å². The van der Waals surface area contributed by atoms with Crippen molar-refractivity contribution in [2.45, 2.75) is 52.4 Å². The number of hydrogen-bond acceptors (Lipinski definition) is 2. The van der Waals surface area contributed by atoms with Crippen LogP contribution < -0.4 is 0 Å². The van der Waals surface area contributed by atoms with Gasteiger partial charge in [0.25, 0.3) is 0 Å². The van der Waals surface area contributed by atoms with Crippen LogP contribution in [0.4, 0.5) is 23.2 Å². The molecule has 0 radical (unpaired) electrons. The number of aryl methyl sites for hydroxylation is 1. The molecule has 3 aromatic carbocycles. The lowest BCUT2D eigenvalue weighted by Gasteiger charge is -2.25. The number of benzene rings is 3. The van der Waals surface area contributed by atoms with E-state index in [4.69, 9.17) is 0 Å². The number of nitrogens with zero attached hydrogens (tertiary/aromatic N) is 1. The number of isothiocyanates is 1. The molecule has 192 valence electrons. The molecule has 0 saturated heterocycles. The van der Waals surface area contributed by atoms with Gasteiger partial charge in [-0.15, -0.1) is 0 Å². The Hall–Kier alpha value is -3.70. The van der Waals surface area contributed by atoms with Crippen molar-refractivity contribution in [1.82, 2.24) is 0 Å². The fourth-order valence-corrected chi connectivity index (χ4v) is 4.93. The zero-order valence-corrected chi connectivity index (χ0v) is 22.0. The minimum Gasteiger partial charge on any atom is -0.206 e. The first-order chi connectivity index (χ1) is 18.3. The highest BCUT2D eigenvalue weighted by Crippen LogP contribution is 2.32. The molecule has 0 N–H and O–H groups in total. The van der Waals surface area contributed by atoms with Gasteiger partial charge in [0.05, 0.1) is 10.7 Å². The van der Waals surface area contributed by atoms with Crippen molar-refractivity contribution in [3.05, 3.63) is 98.6 Å². The molecule has 0 fully saturated rings. The summed E-state index contributed by atoms with van der Waals surface area (Å²) in [4.78, 5) is 3.39. The topological polar surface area (TPSA) is 12.4 Å². The van der Waals surface area contributed by atoms with Crippen LogP contribution in [0.5, 0.6) is 0 Å². The third-order valence-electron chi connectivity index (χ3n) is 6.75. The smallest absolute Gasteiger partial charge is 0.153 e. The molecule has 0 amide bonds. The minimum absolute atomic E-state index is 0.147. The highest BCUT2D eigenvalue weighted by molar-refractivity contribution is 7.78. The number of fused-ring (bicyclic) bond motifs is 1. The summed E-state index contributed by atoms with van der Waals surface area (Å²) in [6.07, 6.45) is 4.96. The summed E-state index contributed by atoms with van der Waals surface area (Å²) in [6, 6.07) is 8.86. The molecule has 0 bridgehead atoms. The number of thiocarbonyl (C=S) groups is 1. The number of hydrogen-bond donors (Lipinski definition) is 0. The predicted octanol–water partition coefficient (Wildman–Crippen LogP) is 8.24. The van der Waals surface area contributed by atoms with Crippen molar-refractivity contribution in [1.29, 1.82) is 0 Å². The molecule has 38 heavy (non-hydrogen) atoms. The summed E-state index contributed by atoms with van der Waals surface area (Å²) in [5, 5.41) is 1.95. The fourth-order valence-electron chi connectivity index (χ4n) is 4.84. The Balaban J connectivity index is 1.60. The lowest BCUT2D eigenvalue weighted by atomic mass is 9.81. The highest BCUT2D eigenvalue weighted by Gasteiger charge is 2.24. The van der Waals surface area contributed by atoms with Gasteiger partial charge in [-0.3, -0.25) is 0 Å². The van der Waals surface area contributed by atoms with Gasteiger partial charge in [-0.1, -0.05) is 50.4 Å². The molecule has 0 saturated carbocycles. The van der Waals surface area contributed by atoms with Crippen molar-refractivity contribution in [3.8, 4) is 23.7 Å². The van der Waals surface area contributed by atoms with Crippen molar-refractivity contribution in [3.63, 3.8) is 0 Å². The zero-order valence-electron chi connectivity index (χ0n) is 21.2. The van der Waals surface area contributed by atoms with Gasteiger partial charge in [-0.2, -0.15) is 4.99 Å². The normalized spacial score (nSPS) is 13.9. The molecular formula is C32H25F4NS. The molecule has 1 aliphatic carbocycles. The van der Waals surface area contributed by atoms with E-state index >= 15 is 4.39 Å². The summed E-state index contributed by atoms with van der Waals surface area (Å²) in [5.74, 6) is 8.81. The fraction of sp³-hybridized carbons (Fsp3) is 0.281. The summed E-state index contributed by atoms with van der Waals surface area (Å²) in [5.41, 5.74) is 2.87. The molecule has 3 aromatic rings. The lowest BCUT2D eigenvalue weighted by Crippen LogP contribution is -2.17. The molecule has 6 heteroatoms. The van der Waals surface area contributed by atoms with Crippen LogP contribution in [0.1, 0.15) is 72.1 Å². The first kappa shape index (κ1) is 27.3. The summed E-state index contributed by atoms with van der Waals surface area (Å²) in [7, 11) is 0. The maximum Gasteiger partial charge on any atom is 0.153 e. The number of aliphatic imine (C=N–C) groups is 1. The molecule has 1 unspecified atom stereocenters. The largest absolute Gasteiger partial charge is 0.206 e. The van der Waals surface area contributed by atoms with Crippen LogP contribution in [0.25, 0.3) is 0 Å². The van der Waals surface area contributed by atoms with Crippen LogP contribution in [-0.2, 0) is 19.3 Å². The van der Waals surface area contributed by atoms with E-state index in [0.29, 0.717) is 41.9 Å². The van der Waals surface area contributed by atoms with Gasteiger partial charge in [0.1, 0.15) is 17.3 Å². The van der Waals surface area contributed by atoms with Crippen molar-refractivity contribution in [2.75, 3.05) is 0 Å². The van der Waals surface area contributed by atoms with Crippen LogP contribution in [0, 0.1) is 52.9 Å². The van der Waals surface area contributed by atoms with Gasteiger partial charge in [0.15, 0.2) is 11.6 Å². The van der Waals surface area contributed by atoms with Gasteiger partial charge in [-0.05, 0) is 96.9 Å². The Morgan fingerprint density at radius 3 is 2.32 bits per heavy atom. The van der Waals surface area contributed by atoms with E-state index < -0.39 is 29.0 Å². The van der Waals surface area contributed by atoms with Crippen molar-refractivity contribution < 1.29 is 17.6 Å². The Bertz CT molecular complexity index is 1540. The van der Waals surface area contributed by atoms with Gasteiger partial charge >= 0.3 is 0 Å². The van der Waals surface area contributed by atoms with E-state index in [1.165, 1.54) is 6.07 Å². The number of rotatable bonds is 4. The maximum absolute atomic E-state index is 15.2. The van der Waals surface area contributed by atoms with E-state index in [1.54, 1.807) is 18.2 Å². The first-order valence-electron chi connectivity index (χ1n) is 12.6. The Morgan fingerprint density at radius 1 is 0.895 bits per heavy atom. The highest BCUT2D eigenvalue weighted by atomic mass is 32.1. The van der Waals surface area contributed by atoms with Gasteiger partial charge in [0.2, 0.25) is 0 Å². The molecule has 4 rings (SSSR count). The molecule has 0 heterocycles. The molecule has 1 atom stereocenters. The standard InChI is InChI=1S/C32H25F4NS/c1-3-5-20-8-12-26-25(15-20)18-28(33)27(31(26)36)13-9-21-6-10-24(23(4-2)14-21)11-7-22-16-29(34)32(37-19-38)30(35)17-22/h6,10,14,16-18,20H,3-5,8,12,15H2,1-2H3. The summed E-state index contributed by atoms with van der Waals surface area (Å²) < 4.78 is 58.2. The average Bonchev–Trinajstić information content (AvgIpc) is 2.89. The van der Waals surface area contributed by atoms with Crippen molar-refractivity contribution >= 4 is 23.1 Å². The molecule has 0 spiro atoms. The lowest BCUT2D eigenvalue weighted by molar-refractivity contribution is 0.411.